The summed E-state index contributed by atoms with van der Waals surface area (Å²) in [5.41, 5.74) is 3.15. The molecule has 3 aromatic rings. The van der Waals surface area contributed by atoms with Crippen molar-refractivity contribution in [2.45, 2.75) is 33.2 Å². The average Bonchev–Trinajstić information content (AvgIpc) is 3.28. The van der Waals surface area contributed by atoms with Crippen LogP contribution in [0.5, 0.6) is 0 Å². The summed E-state index contributed by atoms with van der Waals surface area (Å²) in [5, 5.41) is 7.81. The second kappa shape index (κ2) is 8.68. The summed E-state index contributed by atoms with van der Waals surface area (Å²) in [6.45, 7) is 4.77. The van der Waals surface area contributed by atoms with E-state index in [1.165, 1.54) is 12.5 Å². The number of aryl methyl sites for hydroxylation is 2. The Labute approximate surface area is 162 Å². The number of hydrogen-bond donors (Lipinski definition) is 1. The van der Waals surface area contributed by atoms with Gasteiger partial charge in [-0.3, -0.25) is 9.48 Å². The SMILES string of the molecule is CCCCn1nc(C)c(C=CC(=O)Nc2ccc(-c3cnco3)cc2)c1Cl. The largest absolute Gasteiger partial charge is 0.444 e. The van der Waals surface area contributed by atoms with Crippen LogP contribution in [0.2, 0.25) is 5.15 Å². The number of rotatable bonds is 7. The molecule has 0 aliphatic carbocycles. The van der Waals surface area contributed by atoms with Crippen LogP contribution >= 0.6 is 11.6 Å². The molecule has 2 heterocycles. The van der Waals surface area contributed by atoms with Crippen molar-refractivity contribution in [3.05, 3.63) is 59.3 Å². The third-order valence-corrected chi connectivity index (χ3v) is 4.50. The highest BCUT2D eigenvalue weighted by Gasteiger charge is 2.11. The Morgan fingerprint density at radius 3 is 2.78 bits per heavy atom. The average molecular weight is 385 g/mol. The summed E-state index contributed by atoms with van der Waals surface area (Å²) < 4.78 is 7.02. The number of nitrogens with zero attached hydrogens (tertiary/aromatic N) is 3. The van der Waals surface area contributed by atoms with E-state index in [1.54, 1.807) is 17.0 Å². The molecule has 0 bridgehead atoms. The molecule has 0 fully saturated rings. The van der Waals surface area contributed by atoms with Gasteiger partial charge in [0.25, 0.3) is 0 Å². The Hall–Kier alpha value is -2.86. The van der Waals surface area contributed by atoms with E-state index in [-0.39, 0.29) is 5.91 Å². The topological polar surface area (TPSA) is 73.0 Å². The quantitative estimate of drug-likeness (QED) is 0.585. The van der Waals surface area contributed by atoms with Crippen LogP contribution in [-0.2, 0) is 11.3 Å². The molecule has 3 rings (SSSR count). The maximum absolute atomic E-state index is 12.2. The van der Waals surface area contributed by atoms with Gasteiger partial charge in [0.15, 0.2) is 12.2 Å². The van der Waals surface area contributed by atoms with E-state index in [0.29, 0.717) is 16.6 Å². The van der Waals surface area contributed by atoms with Gasteiger partial charge < -0.3 is 9.73 Å². The molecule has 0 aliphatic rings. The van der Waals surface area contributed by atoms with E-state index >= 15 is 0 Å². The highest BCUT2D eigenvalue weighted by molar-refractivity contribution is 6.31. The normalized spacial score (nSPS) is 11.2. The minimum absolute atomic E-state index is 0.237. The van der Waals surface area contributed by atoms with E-state index in [1.807, 2.05) is 31.2 Å². The maximum Gasteiger partial charge on any atom is 0.248 e. The monoisotopic (exact) mass is 384 g/mol. The smallest absolute Gasteiger partial charge is 0.248 e. The van der Waals surface area contributed by atoms with E-state index in [0.717, 1.165) is 36.2 Å². The molecule has 0 aliphatic heterocycles. The van der Waals surface area contributed by atoms with Crippen molar-refractivity contribution in [3.63, 3.8) is 0 Å². The van der Waals surface area contributed by atoms with Gasteiger partial charge >= 0.3 is 0 Å². The van der Waals surface area contributed by atoms with Gasteiger partial charge in [0.05, 0.1) is 11.9 Å². The predicted octanol–water partition coefficient (Wildman–Crippen LogP) is 4.95. The third kappa shape index (κ3) is 4.65. The Morgan fingerprint density at radius 2 is 2.11 bits per heavy atom. The standard InChI is InChI=1S/C20H21ClN4O2/c1-3-4-11-25-20(21)17(14(2)24-25)9-10-19(26)23-16-7-5-15(6-8-16)18-12-22-13-27-18/h5-10,12-13H,3-4,11H2,1-2H3,(H,23,26). The highest BCUT2D eigenvalue weighted by atomic mass is 35.5. The first kappa shape index (κ1) is 18.9. The highest BCUT2D eigenvalue weighted by Crippen LogP contribution is 2.23. The zero-order chi connectivity index (χ0) is 19.2. The molecule has 0 spiro atoms. The lowest BCUT2D eigenvalue weighted by atomic mass is 10.1. The van der Waals surface area contributed by atoms with Crippen molar-refractivity contribution < 1.29 is 9.21 Å². The van der Waals surface area contributed by atoms with Gasteiger partial charge in [0.2, 0.25) is 5.91 Å². The number of nitrogens with one attached hydrogen (secondary N) is 1. The van der Waals surface area contributed by atoms with Crippen molar-refractivity contribution in [1.82, 2.24) is 14.8 Å². The van der Waals surface area contributed by atoms with Crippen molar-refractivity contribution >= 4 is 29.3 Å². The fourth-order valence-corrected chi connectivity index (χ4v) is 2.95. The summed E-state index contributed by atoms with van der Waals surface area (Å²) in [6, 6.07) is 7.34. The Bertz CT molecular complexity index is 928. The second-order valence-electron chi connectivity index (χ2n) is 6.13. The number of oxazole rings is 1. The lowest BCUT2D eigenvalue weighted by molar-refractivity contribution is -0.111. The number of unbranched alkanes of at least 4 members (excludes halogenated alkanes) is 1. The molecule has 0 saturated heterocycles. The van der Waals surface area contributed by atoms with E-state index in [4.69, 9.17) is 16.0 Å². The van der Waals surface area contributed by atoms with E-state index in [9.17, 15) is 4.79 Å². The number of halogens is 1. The minimum Gasteiger partial charge on any atom is -0.444 e. The predicted molar refractivity (Wildman–Crippen MR) is 106 cm³/mol. The number of carbonyl (C=O) groups excluding carboxylic acids is 1. The molecule has 1 aromatic carbocycles. The van der Waals surface area contributed by atoms with Gasteiger partial charge in [-0.05, 0) is 43.7 Å². The van der Waals surface area contributed by atoms with Gasteiger partial charge in [0, 0.05) is 29.4 Å². The fourth-order valence-electron chi connectivity index (χ4n) is 2.63. The summed E-state index contributed by atoms with van der Waals surface area (Å²) in [4.78, 5) is 16.1. The van der Waals surface area contributed by atoms with Crippen LogP contribution in [0.1, 0.15) is 31.0 Å². The molecule has 1 amide bonds. The molecule has 140 valence electrons. The molecule has 6 nitrogen and oxygen atoms in total. The van der Waals surface area contributed by atoms with Crippen LogP contribution in [0.4, 0.5) is 5.69 Å². The van der Waals surface area contributed by atoms with Crippen molar-refractivity contribution in [2.24, 2.45) is 0 Å². The van der Waals surface area contributed by atoms with Crippen LogP contribution in [0.25, 0.3) is 17.4 Å². The number of hydrogen-bond acceptors (Lipinski definition) is 4. The van der Waals surface area contributed by atoms with Gasteiger partial charge in [-0.15, -0.1) is 0 Å². The Balaban J connectivity index is 1.64. The number of aromatic nitrogens is 3. The van der Waals surface area contributed by atoms with Crippen molar-refractivity contribution in [3.8, 4) is 11.3 Å². The first-order chi connectivity index (χ1) is 13.1. The minimum atomic E-state index is -0.237. The summed E-state index contributed by atoms with van der Waals surface area (Å²) in [5.74, 6) is 0.442. The molecule has 1 N–H and O–H groups in total. The maximum atomic E-state index is 12.2. The molecular weight excluding hydrogens is 364 g/mol. The van der Waals surface area contributed by atoms with Crippen molar-refractivity contribution in [1.29, 1.82) is 0 Å². The molecule has 0 unspecified atom stereocenters. The summed E-state index contributed by atoms with van der Waals surface area (Å²) in [7, 11) is 0. The number of carbonyl (C=O) groups is 1. The fraction of sp³-hybridized carbons (Fsp3) is 0.250. The zero-order valence-corrected chi connectivity index (χ0v) is 16.0. The molecule has 0 saturated carbocycles. The summed E-state index contributed by atoms with van der Waals surface area (Å²) in [6.07, 6.45) is 8.26. The van der Waals surface area contributed by atoms with Crippen LogP contribution in [-0.4, -0.2) is 20.7 Å². The first-order valence-electron chi connectivity index (χ1n) is 8.79. The van der Waals surface area contributed by atoms with Crippen LogP contribution < -0.4 is 5.32 Å². The van der Waals surface area contributed by atoms with E-state index in [2.05, 4.69) is 22.3 Å². The van der Waals surface area contributed by atoms with E-state index < -0.39 is 0 Å². The molecular formula is C20H21ClN4O2. The third-order valence-electron chi connectivity index (χ3n) is 4.10. The second-order valence-corrected chi connectivity index (χ2v) is 6.49. The first-order valence-corrected chi connectivity index (χ1v) is 9.17. The molecule has 2 aromatic heterocycles. The Morgan fingerprint density at radius 1 is 1.33 bits per heavy atom. The molecule has 7 heteroatoms. The number of amides is 1. The number of anilines is 1. The summed E-state index contributed by atoms with van der Waals surface area (Å²) >= 11 is 6.38. The van der Waals surface area contributed by atoms with Crippen LogP contribution in [0.15, 0.2) is 47.3 Å². The zero-order valence-electron chi connectivity index (χ0n) is 15.3. The lowest BCUT2D eigenvalue weighted by Gasteiger charge is -2.03. The van der Waals surface area contributed by atoms with Crippen LogP contribution in [0.3, 0.4) is 0 Å². The number of benzene rings is 1. The van der Waals surface area contributed by atoms with Gasteiger partial charge in [0.1, 0.15) is 5.15 Å². The van der Waals surface area contributed by atoms with Crippen LogP contribution in [0, 0.1) is 6.92 Å². The Kier molecular flexibility index (Phi) is 6.08. The lowest BCUT2D eigenvalue weighted by Crippen LogP contribution is -2.07. The molecule has 0 radical (unpaired) electrons. The van der Waals surface area contributed by atoms with Crippen molar-refractivity contribution in [2.75, 3.05) is 5.32 Å². The van der Waals surface area contributed by atoms with Gasteiger partial charge in [-0.1, -0.05) is 24.9 Å². The van der Waals surface area contributed by atoms with Gasteiger partial charge in [-0.2, -0.15) is 5.10 Å². The van der Waals surface area contributed by atoms with Gasteiger partial charge in [-0.25, -0.2) is 4.98 Å². The molecule has 0 atom stereocenters. The molecule has 27 heavy (non-hydrogen) atoms.